The fraction of sp³-hybridized carbons (Fsp3) is 0.607. The van der Waals surface area contributed by atoms with E-state index < -0.39 is 0 Å². The third-order valence-corrected chi connectivity index (χ3v) is 7.53. The van der Waals surface area contributed by atoms with Crippen molar-refractivity contribution in [3.8, 4) is 0 Å². The van der Waals surface area contributed by atoms with E-state index in [2.05, 4.69) is 70.2 Å². The lowest BCUT2D eigenvalue weighted by Gasteiger charge is -2.33. The minimum absolute atomic E-state index is 0.225. The molecule has 1 aromatic carbocycles. The maximum atomic E-state index is 4.93. The van der Waals surface area contributed by atoms with Crippen LogP contribution in [-0.4, -0.2) is 5.71 Å². The van der Waals surface area contributed by atoms with Gasteiger partial charge in [-0.15, -0.1) is 0 Å². The summed E-state index contributed by atoms with van der Waals surface area (Å²) in [6, 6.07) is 8.55. The summed E-state index contributed by atoms with van der Waals surface area (Å²) in [5.41, 5.74) is 2.51. The summed E-state index contributed by atoms with van der Waals surface area (Å²) in [6.45, 7) is 9.36. The summed E-state index contributed by atoms with van der Waals surface area (Å²) in [7, 11) is 0. The first-order valence-electron chi connectivity index (χ1n) is 12.3. The molecule has 0 spiro atoms. The highest BCUT2D eigenvalue weighted by Crippen LogP contribution is 2.47. The molecule has 30 heavy (non-hydrogen) atoms. The molecule has 0 aromatic heterocycles. The Labute approximate surface area is 189 Å². The molecule has 0 saturated heterocycles. The molecule has 0 amide bonds. The first-order chi connectivity index (χ1) is 14.5. The zero-order valence-corrected chi connectivity index (χ0v) is 20.4. The summed E-state index contributed by atoms with van der Waals surface area (Å²) < 4.78 is 0. The van der Waals surface area contributed by atoms with Crippen molar-refractivity contribution in [3.63, 3.8) is 0 Å². The first-order valence-corrected chi connectivity index (χ1v) is 13.1. The van der Waals surface area contributed by atoms with E-state index in [0.717, 1.165) is 23.2 Å². The number of nitrogens with zero attached hydrogens (tertiary/aromatic N) is 1. The molecule has 0 saturated carbocycles. The van der Waals surface area contributed by atoms with E-state index in [4.69, 9.17) is 4.99 Å². The van der Waals surface area contributed by atoms with Gasteiger partial charge in [-0.25, -0.2) is 4.99 Å². The zero-order chi connectivity index (χ0) is 21.4. The van der Waals surface area contributed by atoms with Crippen molar-refractivity contribution < 1.29 is 0 Å². The van der Waals surface area contributed by atoms with E-state index in [9.17, 15) is 0 Å². The lowest BCUT2D eigenvalue weighted by molar-refractivity contribution is 0.365. The van der Waals surface area contributed by atoms with Crippen LogP contribution >= 0.6 is 11.8 Å². The lowest BCUT2D eigenvalue weighted by Crippen LogP contribution is -2.21. The van der Waals surface area contributed by atoms with Gasteiger partial charge in [0.05, 0.1) is 11.4 Å². The van der Waals surface area contributed by atoms with Gasteiger partial charge in [0, 0.05) is 15.2 Å². The Balaban J connectivity index is 1.66. The van der Waals surface area contributed by atoms with E-state index in [1.54, 1.807) is 0 Å². The number of unbranched alkanes of at least 4 members (excludes halogenated alkanes) is 4. The molecular formula is C28H41NS. The summed E-state index contributed by atoms with van der Waals surface area (Å²) >= 11 is 1.92. The number of benzene rings is 1. The van der Waals surface area contributed by atoms with Crippen LogP contribution in [0.5, 0.6) is 0 Å². The molecule has 1 aliphatic heterocycles. The maximum absolute atomic E-state index is 4.93. The monoisotopic (exact) mass is 423 g/mol. The lowest BCUT2D eigenvalue weighted by atomic mass is 9.75. The van der Waals surface area contributed by atoms with Crippen LogP contribution in [0.2, 0.25) is 0 Å². The third-order valence-electron chi connectivity index (χ3n) is 6.42. The van der Waals surface area contributed by atoms with Gasteiger partial charge in [0.15, 0.2) is 0 Å². The molecule has 2 heteroatoms. The zero-order valence-electron chi connectivity index (χ0n) is 19.6. The van der Waals surface area contributed by atoms with Crippen LogP contribution < -0.4 is 0 Å². The van der Waals surface area contributed by atoms with Crippen LogP contribution in [0.3, 0.4) is 0 Å². The molecule has 0 unspecified atom stereocenters. The van der Waals surface area contributed by atoms with Crippen molar-refractivity contribution >= 4 is 23.2 Å². The van der Waals surface area contributed by atoms with Crippen LogP contribution in [0.1, 0.15) is 91.9 Å². The average molecular weight is 424 g/mol. The van der Waals surface area contributed by atoms with Crippen LogP contribution in [-0.2, 0) is 0 Å². The number of para-hydroxylation sites is 1. The number of thioether (sulfide) groups is 1. The van der Waals surface area contributed by atoms with Gasteiger partial charge in [-0.3, -0.25) is 0 Å². The van der Waals surface area contributed by atoms with Crippen LogP contribution in [0.15, 0.2) is 57.3 Å². The van der Waals surface area contributed by atoms with Crippen molar-refractivity contribution in [2.75, 3.05) is 0 Å². The molecule has 2 aliphatic rings. The Bertz CT molecular complexity index is 751. The van der Waals surface area contributed by atoms with Crippen molar-refractivity contribution in [1.29, 1.82) is 0 Å². The highest BCUT2D eigenvalue weighted by Gasteiger charge is 2.30. The second kappa shape index (κ2) is 11.4. The predicted octanol–water partition coefficient (Wildman–Crippen LogP) is 9.52. The van der Waals surface area contributed by atoms with Crippen molar-refractivity contribution in [3.05, 3.63) is 47.4 Å². The molecule has 0 radical (unpaired) electrons. The topological polar surface area (TPSA) is 12.4 Å². The highest BCUT2D eigenvalue weighted by molar-refractivity contribution is 8.04. The van der Waals surface area contributed by atoms with Crippen LogP contribution in [0.4, 0.5) is 5.69 Å². The van der Waals surface area contributed by atoms with E-state index in [1.807, 2.05) is 11.8 Å². The highest BCUT2D eigenvalue weighted by atomic mass is 32.2. The minimum Gasteiger partial charge on any atom is -0.247 e. The Morgan fingerprint density at radius 3 is 2.10 bits per heavy atom. The second-order valence-corrected chi connectivity index (χ2v) is 11.2. The molecule has 1 nitrogen and oxygen atoms in total. The van der Waals surface area contributed by atoms with Gasteiger partial charge in [-0.05, 0) is 42.9 Å². The van der Waals surface area contributed by atoms with Gasteiger partial charge in [0.2, 0.25) is 0 Å². The fourth-order valence-electron chi connectivity index (χ4n) is 4.57. The van der Waals surface area contributed by atoms with Crippen molar-refractivity contribution in [2.24, 2.45) is 22.2 Å². The van der Waals surface area contributed by atoms with Gasteiger partial charge in [-0.2, -0.15) is 0 Å². The maximum Gasteiger partial charge on any atom is 0.0776 e. The molecule has 1 aromatic rings. The smallest absolute Gasteiger partial charge is 0.0776 e. The predicted molar refractivity (Wildman–Crippen MR) is 135 cm³/mol. The summed E-state index contributed by atoms with van der Waals surface area (Å²) in [5, 5.41) is 0. The molecule has 3 rings (SSSR count). The molecule has 0 bridgehead atoms. The molecule has 1 aliphatic carbocycles. The van der Waals surface area contributed by atoms with E-state index >= 15 is 0 Å². The standard InChI is InChI=1S/C28H41NS/c1-22(2)13-7-5-11-18-28(19-12-6-8-14-23(3)4)20-17-25-27(21-28)30-26-16-10-9-15-24(26)29-25/h9-10,15-17,20-23H,5-8,11-14,18-19H2,1-4H3. The van der Waals surface area contributed by atoms with Crippen LogP contribution in [0, 0.1) is 17.3 Å². The Kier molecular flexibility index (Phi) is 8.86. The van der Waals surface area contributed by atoms with Gasteiger partial charge in [-0.1, -0.05) is 115 Å². The molecule has 0 fully saturated rings. The van der Waals surface area contributed by atoms with Gasteiger partial charge in [0.1, 0.15) is 0 Å². The van der Waals surface area contributed by atoms with E-state index in [1.165, 1.54) is 74.0 Å². The molecule has 0 atom stereocenters. The Morgan fingerprint density at radius 1 is 0.833 bits per heavy atom. The third kappa shape index (κ3) is 6.87. The number of hydrogen-bond donors (Lipinski definition) is 0. The molecular weight excluding hydrogens is 382 g/mol. The Hall–Kier alpha value is -1.28. The van der Waals surface area contributed by atoms with Crippen LogP contribution in [0.25, 0.3) is 0 Å². The number of aliphatic imine (C=N–C) groups is 1. The van der Waals surface area contributed by atoms with Crippen molar-refractivity contribution in [2.45, 2.75) is 96.8 Å². The molecule has 0 N–H and O–H groups in total. The number of hydrogen-bond acceptors (Lipinski definition) is 2. The normalized spacial score (nSPS) is 17.0. The SMILES string of the molecule is CC(C)CCCCCC1(CCCCCC(C)C)C=CC2=Nc3ccccc3SC2=C1. The summed E-state index contributed by atoms with van der Waals surface area (Å²) in [4.78, 5) is 7.60. The number of fused-ring (bicyclic) bond motifs is 2. The second-order valence-electron chi connectivity index (χ2n) is 10.1. The minimum atomic E-state index is 0.225. The Morgan fingerprint density at radius 2 is 1.47 bits per heavy atom. The molecule has 164 valence electrons. The summed E-state index contributed by atoms with van der Waals surface area (Å²) in [6.07, 6.45) is 20.8. The van der Waals surface area contributed by atoms with E-state index in [-0.39, 0.29) is 5.41 Å². The quantitative estimate of drug-likeness (QED) is 0.305. The number of rotatable bonds is 12. The number of allylic oxidation sites excluding steroid dienone is 4. The van der Waals surface area contributed by atoms with Gasteiger partial charge < -0.3 is 0 Å². The van der Waals surface area contributed by atoms with Gasteiger partial charge >= 0.3 is 0 Å². The average Bonchev–Trinajstić information content (AvgIpc) is 2.71. The summed E-state index contributed by atoms with van der Waals surface area (Å²) in [5.74, 6) is 1.66. The fourth-order valence-corrected chi connectivity index (χ4v) is 5.68. The first kappa shape index (κ1) is 23.4. The largest absolute Gasteiger partial charge is 0.247 e. The van der Waals surface area contributed by atoms with E-state index in [0.29, 0.717) is 0 Å². The van der Waals surface area contributed by atoms with Gasteiger partial charge in [0.25, 0.3) is 0 Å². The van der Waals surface area contributed by atoms with Crippen molar-refractivity contribution in [1.82, 2.24) is 0 Å². The molecule has 1 heterocycles.